The highest BCUT2D eigenvalue weighted by Gasteiger charge is 2.33. The van der Waals surface area contributed by atoms with Crippen LogP contribution in [0.5, 0.6) is 0 Å². The summed E-state index contributed by atoms with van der Waals surface area (Å²) in [4.78, 5) is 1.69. The highest BCUT2D eigenvalue weighted by atomic mass is 19.2. The molecule has 3 unspecified atom stereocenters. The van der Waals surface area contributed by atoms with Gasteiger partial charge in [0.25, 0.3) is 0 Å². The molecule has 0 amide bonds. The summed E-state index contributed by atoms with van der Waals surface area (Å²) < 4.78 is 30.7. The first-order chi connectivity index (χ1) is 7.68. The van der Waals surface area contributed by atoms with E-state index >= 15 is 0 Å². The zero-order valence-corrected chi connectivity index (χ0v) is 8.94. The number of ether oxygens (including phenoxy) is 1. The highest BCUT2D eigenvalue weighted by Crippen LogP contribution is 2.20. The molecule has 88 valence electrons. The van der Waals surface area contributed by atoms with Crippen LogP contribution in [0.3, 0.4) is 0 Å². The van der Waals surface area contributed by atoms with Gasteiger partial charge in [-0.15, -0.1) is 0 Å². The Hall–Kier alpha value is -1.20. The largest absolute Gasteiger partial charge is 0.354 e. The van der Waals surface area contributed by atoms with Crippen molar-refractivity contribution in [2.45, 2.75) is 18.9 Å². The van der Waals surface area contributed by atoms with Crippen LogP contribution in [0.1, 0.15) is 0 Å². The second kappa shape index (κ2) is 4.76. The molecule has 0 saturated carbocycles. The Bertz CT molecular complexity index is 336. The summed E-state index contributed by atoms with van der Waals surface area (Å²) in [6.45, 7) is 0.00224. The van der Waals surface area contributed by atoms with Crippen LogP contribution in [0.15, 0.2) is 30.3 Å². The van der Waals surface area contributed by atoms with E-state index in [2.05, 4.69) is 10.1 Å². The van der Waals surface area contributed by atoms with E-state index in [1.807, 2.05) is 30.3 Å². The van der Waals surface area contributed by atoms with E-state index in [1.165, 1.54) is 0 Å². The first kappa shape index (κ1) is 11.3. The van der Waals surface area contributed by atoms with Gasteiger partial charge in [0.05, 0.1) is 6.54 Å². The minimum Gasteiger partial charge on any atom is -0.354 e. The van der Waals surface area contributed by atoms with Crippen molar-refractivity contribution in [2.75, 3.05) is 18.5 Å². The molecule has 1 heterocycles. The van der Waals surface area contributed by atoms with Crippen LogP contribution in [-0.4, -0.2) is 32.5 Å². The summed E-state index contributed by atoms with van der Waals surface area (Å²) >= 11 is 0. The lowest BCUT2D eigenvalue weighted by molar-refractivity contribution is -0.175. The van der Waals surface area contributed by atoms with Crippen LogP contribution in [-0.2, 0) is 4.74 Å². The lowest BCUT2D eigenvalue weighted by Gasteiger charge is -2.36. The first-order valence-electron chi connectivity index (χ1n) is 5.13. The molecule has 1 saturated heterocycles. The molecule has 1 aliphatic heterocycles. The average Bonchev–Trinajstić information content (AvgIpc) is 2.29. The molecule has 0 aliphatic carbocycles. The number of hydrogen-bond donors (Lipinski definition) is 1. The number of morpholine rings is 1. The quantitative estimate of drug-likeness (QED) is 0.833. The number of likely N-dealkylation sites (N-methyl/N-ethyl adjacent to an activating group) is 1. The maximum absolute atomic E-state index is 13.5. The van der Waals surface area contributed by atoms with Crippen LogP contribution in [0.25, 0.3) is 0 Å². The van der Waals surface area contributed by atoms with Gasteiger partial charge in [-0.05, 0) is 12.1 Å². The molecule has 3 atom stereocenters. The van der Waals surface area contributed by atoms with Crippen LogP contribution in [0.4, 0.5) is 14.5 Å². The van der Waals surface area contributed by atoms with Crippen molar-refractivity contribution in [3.8, 4) is 0 Å². The Balaban J connectivity index is 2.07. The smallest absolute Gasteiger partial charge is 0.235 e. The number of anilines is 1. The summed E-state index contributed by atoms with van der Waals surface area (Å²) in [5.41, 5.74) is 0.851. The summed E-state index contributed by atoms with van der Waals surface area (Å²) in [7, 11) is 1.74. The van der Waals surface area contributed by atoms with E-state index in [1.54, 1.807) is 11.9 Å². The van der Waals surface area contributed by atoms with E-state index in [0.717, 1.165) is 5.69 Å². The molecule has 0 bridgehead atoms. The summed E-state index contributed by atoms with van der Waals surface area (Å²) in [6.07, 6.45) is -3.90. The molecule has 5 heteroatoms. The second-order valence-corrected chi connectivity index (χ2v) is 3.70. The SMILES string of the molecule is CN(c1ccccc1)C1NCC(F)OC1F. The maximum atomic E-state index is 13.5. The molecule has 0 radical (unpaired) electrons. The van der Waals surface area contributed by atoms with Gasteiger partial charge in [-0.25, -0.2) is 8.78 Å². The fourth-order valence-corrected chi connectivity index (χ4v) is 1.71. The van der Waals surface area contributed by atoms with Gasteiger partial charge in [0, 0.05) is 12.7 Å². The van der Waals surface area contributed by atoms with E-state index < -0.39 is 18.9 Å². The molecule has 1 N–H and O–H groups in total. The maximum Gasteiger partial charge on any atom is 0.235 e. The number of rotatable bonds is 2. The normalized spacial score (nSPS) is 30.1. The summed E-state index contributed by atoms with van der Waals surface area (Å²) in [5, 5.41) is 2.77. The van der Waals surface area contributed by atoms with Gasteiger partial charge in [-0.1, -0.05) is 18.2 Å². The molecule has 1 aromatic rings. The zero-order chi connectivity index (χ0) is 11.5. The van der Waals surface area contributed by atoms with Gasteiger partial charge in [0.1, 0.15) is 6.17 Å². The van der Waals surface area contributed by atoms with Crippen molar-refractivity contribution < 1.29 is 13.5 Å². The van der Waals surface area contributed by atoms with Crippen LogP contribution in [0.2, 0.25) is 0 Å². The monoisotopic (exact) mass is 228 g/mol. The molecule has 1 aliphatic rings. The van der Waals surface area contributed by atoms with Gasteiger partial charge in [-0.3, -0.25) is 5.32 Å². The summed E-state index contributed by atoms with van der Waals surface area (Å²) in [5.74, 6) is 0. The van der Waals surface area contributed by atoms with E-state index in [-0.39, 0.29) is 6.54 Å². The number of alkyl halides is 2. The molecule has 2 rings (SSSR count). The van der Waals surface area contributed by atoms with Crippen molar-refractivity contribution in [3.63, 3.8) is 0 Å². The average molecular weight is 228 g/mol. The third-order valence-electron chi connectivity index (χ3n) is 2.59. The Morgan fingerprint density at radius 2 is 2.00 bits per heavy atom. The van der Waals surface area contributed by atoms with Crippen LogP contribution in [0, 0.1) is 0 Å². The molecule has 1 aromatic carbocycles. The van der Waals surface area contributed by atoms with Gasteiger partial charge < -0.3 is 9.64 Å². The van der Waals surface area contributed by atoms with Crippen molar-refractivity contribution in [3.05, 3.63) is 30.3 Å². The molecule has 0 spiro atoms. The van der Waals surface area contributed by atoms with E-state index in [9.17, 15) is 8.78 Å². The van der Waals surface area contributed by atoms with Gasteiger partial charge in [0.15, 0.2) is 0 Å². The zero-order valence-electron chi connectivity index (χ0n) is 8.94. The van der Waals surface area contributed by atoms with Crippen molar-refractivity contribution in [1.29, 1.82) is 0 Å². The third-order valence-corrected chi connectivity index (χ3v) is 2.59. The standard InChI is InChI=1S/C11H14F2N2O/c1-15(8-5-3-2-4-6-8)11-10(13)16-9(12)7-14-11/h2-6,9-11,14H,7H2,1H3. The van der Waals surface area contributed by atoms with Crippen LogP contribution >= 0.6 is 0 Å². The molecular formula is C11H14F2N2O. The number of hydrogen-bond acceptors (Lipinski definition) is 3. The molecule has 1 fully saturated rings. The van der Waals surface area contributed by atoms with Crippen molar-refractivity contribution in [1.82, 2.24) is 5.32 Å². The predicted octanol–water partition coefficient (Wildman–Crippen LogP) is 1.66. The molecular weight excluding hydrogens is 214 g/mol. The number of halogens is 2. The number of benzene rings is 1. The minimum atomic E-state index is -1.67. The van der Waals surface area contributed by atoms with Crippen molar-refractivity contribution in [2.24, 2.45) is 0 Å². The Kier molecular flexibility index (Phi) is 3.36. The number of nitrogens with zero attached hydrogens (tertiary/aromatic N) is 1. The predicted molar refractivity (Wildman–Crippen MR) is 57.5 cm³/mol. The Morgan fingerprint density at radius 3 is 2.62 bits per heavy atom. The lowest BCUT2D eigenvalue weighted by Crippen LogP contribution is -2.57. The van der Waals surface area contributed by atoms with E-state index in [4.69, 9.17) is 0 Å². The molecule has 16 heavy (non-hydrogen) atoms. The van der Waals surface area contributed by atoms with E-state index in [0.29, 0.717) is 0 Å². The Morgan fingerprint density at radius 1 is 1.31 bits per heavy atom. The van der Waals surface area contributed by atoms with Crippen molar-refractivity contribution >= 4 is 5.69 Å². The van der Waals surface area contributed by atoms with Crippen LogP contribution < -0.4 is 10.2 Å². The minimum absolute atomic E-state index is 0.00224. The van der Waals surface area contributed by atoms with Gasteiger partial charge in [0.2, 0.25) is 12.7 Å². The fraction of sp³-hybridized carbons (Fsp3) is 0.455. The summed E-state index contributed by atoms with van der Waals surface area (Å²) in [6, 6.07) is 9.32. The molecule has 0 aromatic heterocycles. The topological polar surface area (TPSA) is 24.5 Å². The third kappa shape index (κ3) is 2.31. The molecule has 3 nitrogen and oxygen atoms in total. The second-order valence-electron chi connectivity index (χ2n) is 3.70. The number of nitrogens with one attached hydrogen (secondary N) is 1. The van der Waals surface area contributed by atoms with Gasteiger partial charge in [-0.2, -0.15) is 0 Å². The number of para-hydroxylation sites is 1. The van der Waals surface area contributed by atoms with Gasteiger partial charge >= 0.3 is 0 Å². The fourth-order valence-electron chi connectivity index (χ4n) is 1.71. The Labute approximate surface area is 93.0 Å². The highest BCUT2D eigenvalue weighted by molar-refractivity contribution is 5.46. The lowest BCUT2D eigenvalue weighted by atomic mass is 10.2. The first-order valence-corrected chi connectivity index (χ1v) is 5.13.